The van der Waals surface area contributed by atoms with Crippen LogP contribution in [0.5, 0.6) is 5.75 Å². The molecule has 0 amide bonds. The third-order valence-corrected chi connectivity index (χ3v) is 5.57. The summed E-state index contributed by atoms with van der Waals surface area (Å²) >= 11 is 0. The van der Waals surface area contributed by atoms with Gasteiger partial charge in [0.05, 0.1) is 6.61 Å². The predicted molar refractivity (Wildman–Crippen MR) is 120 cm³/mol. The van der Waals surface area contributed by atoms with E-state index in [-0.39, 0.29) is 0 Å². The number of likely N-dealkylation sites (tertiary alicyclic amines) is 1. The molecule has 0 spiro atoms. The molecule has 4 rings (SSSR count). The Bertz CT molecular complexity index is 938. The van der Waals surface area contributed by atoms with E-state index in [2.05, 4.69) is 50.5 Å². The second-order valence-corrected chi connectivity index (χ2v) is 7.62. The predicted octanol–water partition coefficient (Wildman–Crippen LogP) is 4.36. The Kier molecular flexibility index (Phi) is 6.54. The molecule has 0 unspecified atom stereocenters. The van der Waals surface area contributed by atoms with Crippen LogP contribution in [-0.4, -0.2) is 46.6 Å². The van der Waals surface area contributed by atoms with Crippen LogP contribution in [0.2, 0.25) is 0 Å². The number of hydrogen-bond donors (Lipinski definition) is 1. The van der Waals surface area contributed by atoms with Crippen molar-refractivity contribution in [1.82, 2.24) is 19.9 Å². The van der Waals surface area contributed by atoms with Crippen LogP contribution in [0, 0.1) is 0 Å². The first-order chi connectivity index (χ1) is 14.7. The molecule has 1 aliphatic rings. The van der Waals surface area contributed by atoms with Crippen LogP contribution in [0.1, 0.15) is 36.9 Å². The van der Waals surface area contributed by atoms with E-state index in [1.807, 2.05) is 32.3 Å². The number of ether oxygens (including phenoxy) is 1. The lowest BCUT2D eigenvalue weighted by Crippen LogP contribution is -2.32. The molecule has 3 aromatic rings. The summed E-state index contributed by atoms with van der Waals surface area (Å²) in [7, 11) is 1.90. The largest absolute Gasteiger partial charge is 0.494 e. The summed E-state index contributed by atoms with van der Waals surface area (Å²) in [6, 6.07) is 14.5. The van der Waals surface area contributed by atoms with Gasteiger partial charge < -0.3 is 10.1 Å². The fraction of sp³-hybridized carbons (Fsp3) is 0.375. The van der Waals surface area contributed by atoms with Gasteiger partial charge in [0.2, 0.25) is 0 Å². The Morgan fingerprint density at radius 1 is 1.10 bits per heavy atom. The first-order valence-electron chi connectivity index (χ1n) is 10.7. The lowest BCUT2D eigenvalue weighted by Gasteiger charge is -2.32. The Hall–Kier alpha value is -2.99. The van der Waals surface area contributed by atoms with Crippen LogP contribution >= 0.6 is 0 Å². The van der Waals surface area contributed by atoms with Crippen LogP contribution in [0.3, 0.4) is 0 Å². The number of pyridine rings is 1. The number of piperidine rings is 1. The quantitative estimate of drug-likeness (QED) is 0.632. The van der Waals surface area contributed by atoms with E-state index in [9.17, 15) is 0 Å². The number of anilines is 1. The van der Waals surface area contributed by atoms with Gasteiger partial charge in [0, 0.05) is 49.2 Å². The summed E-state index contributed by atoms with van der Waals surface area (Å²) < 4.78 is 5.54. The van der Waals surface area contributed by atoms with Crippen LogP contribution in [0.25, 0.3) is 11.4 Å². The van der Waals surface area contributed by atoms with E-state index in [0.717, 1.165) is 61.1 Å². The summed E-state index contributed by atoms with van der Waals surface area (Å²) in [4.78, 5) is 16.2. The highest BCUT2D eigenvalue weighted by atomic mass is 16.5. The van der Waals surface area contributed by atoms with Gasteiger partial charge in [-0.15, -0.1) is 0 Å². The van der Waals surface area contributed by atoms with Crippen LogP contribution < -0.4 is 10.1 Å². The topological polar surface area (TPSA) is 63.2 Å². The molecular weight excluding hydrogens is 374 g/mol. The summed E-state index contributed by atoms with van der Waals surface area (Å²) in [6.07, 6.45) is 5.79. The fourth-order valence-corrected chi connectivity index (χ4v) is 3.93. The summed E-state index contributed by atoms with van der Waals surface area (Å²) in [6.45, 7) is 5.83. The average Bonchev–Trinajstić information content (AvgIpc) is 2.81. The number of benzene rings is 1. The van der Waals surface area contributed by atoms with Crippen LogP contribution in [0.15, 0.2) is 54.9 Å². The zero-order chi connectivity index (χ0) is 20.8. The summed E-state index contributed by atoms with van der Waals surface area (Å²) in [5, 5.41) is 3.18. The molecule has 156 valence electrons. The molecule has 6 nitrogen and oxygen atoms in total. The number of aromatic nitrogens is 3. The van der Waals surface area contributed by atoms with Gasteiger partial charge in [0.1, 0.15) is 11.6 Å². The minimum absolute atomic E-state index is 0.451. The molecule has 3 heterocycles. The fourth-order valence-electron chi connectivity index (χ4n) is 3.93. The molecule has 2 aromatic heterocycles. The van der Waals surface area contributed by atoms with Crippen molar-refractivity contribution in [1.29, 1.82) is 0 Å². The normalized spacial score (nSPS) is 15.1. The smallest absolute Gasteiger partial charge is 0.163 e. The molecule has 0 atom stereocenters. The van der Waals surface area contributed by atoms with Gasteiger partial charge in [-0.3, -0.25) is 9.88 Å². The Labute approximate surface area is 178 Å². The third-order valence-electron chi connectivity index (χ3n) is 5.57. The standard InChI is InChI=1S/C24H29N5O/c1-3-30-21-8-6-18(7-9-21)17-29-13-10-19(11-14-29)22-15-23(25-2)28-24(27-22)20-5-4-12-26-16-20/h4-9,12,15-16,19H,3,10-11,13-14,17H2,1-2H3,(H,25,27,28). The van der Waals surface area contributed by atoms with Gasteiger partial charge in [0.25, 0.3) is 0 Å². The van der Waals surface area contributed by atoms with Crippen molar-refractivity contribution in [3.8, 4) is 17.1 Å². The zero-order valence-corrected chi connectivity index (χ0v) is 17.7. The number of nitrogens with one attached hydrogen (secondary N) is 1. The SMILES string of the molecule is CCOc1ccc(CN2CCC(c3cc(NC)nc(-c4cccnc4)n3)CC2)cc1. The van der Waals surface area contributed by atoms with E-state index >= 15 is 0 Å². The molecule has 1 aromatic carbocycles. The van der Waals surface area contributed by atoms with Crippen molar-refractivity contribution < 1.29 is 4.74 Å². The van der Waals surface area contributed by atoms with Gasteiger partial charge in [0.15, 0.2) is 5.82 Å². The molecule has 1 N–H and O–H groups in total. The molecule has 0 saturated carbocycles. The lowest BCUT2D eigenvalue weighted by atomic mass is 9.92. The Balaban J connectivity index is 1.41. The van der Waals surface area contributed by atoms with Crippen molar-refractivity contribution in [2.24, 2.45) is 0 Å². The molecule has 1 saturated heterocycles. The van der Waals surface area contributed by atoms with Gasteiger partial charge in [-0.1, -0.05) is 12.1 Å². The maximum absolute atomic E-state index is 5.54. The molecule has 1 aliphatic heterocycles. The van der Waals surface area contributed by atoms with Gasteiger partial charge in [-0.2, -0.15) is 0 Å². The van der Waals surface area contributed by atoms with E-state index in [1.165, 1.54) is 5.56 Å². The van der Waals surface area contributed by atoms with Crippen LogP contribution in [0.4, 0.5) is 5.82 Å². The Morgan fingerprint density at radius 3 is 2.57 bits per heavy atom. The third kappa shape index (κ3) is 4.94. The maximum Gasteiger partial charge on any atom is 0.163 e. The van der Waals surface area contributed by atoms with E-state index in [4.69, 9.17) is 9.72 Å². The molecule has 0 bridgehead atoms. The lowest BCUT2D eigenvalue weighted by molar-refractivity contribution is 0.203. The molecule has 0 radical (unpaired) electrons. The van der Waals surface area contributed by atoms with E-state index in [1.54, 1.807) is 6.20 Å². The zero-order valence-electron chi connectivity index (χ0n) is 17.7. The molecule has 6 heteroatoms. The van der Waals surface area contributed by atoms with Crippen molar-refractivity contribution in [3.63, 3.8) is 0 Å². The number of nitrogens with zero attached hydrogens (tertiary/aromatic N) is 4. The minimum atomic E-state index is 0.451. The van der Waals surface area contributed by atoms with Crippen molar-refractivity contribution >= 4 is 5.82 Å². The van der Waals surface area contributed by atoms with E-state index in [0.29, 0.717) is 12.5 Å². The summed E-state index contributed by atoms with van der Waals surface area (Å²) in [5.74, 6) is 2.98. The first-order valence-corrected chi connectivity index (χ1v) is 10.7. The number of rotatable bonds is 7. The monoisotopic (exact) mass is 403 g/mol. The highest BCUT2D eigenvalue weighted by Gasteiger charge is 2.23. The highest BCUT2D eigenvalue weighted by Crippen LogP contribution is 2.30. The molecule has 1 fully saturated rings. The Morgan fingerprint density at radius 2 is 1.90 bits per heavy atom. The molecule has 0 aliphatic carbocycles. The van der Waals surface area contributed by atoms with E-state index < -0.39 is 0 Å². The average molecular weight is 404 g/mol. The first kappa shape index (κ1) is 20.3. The number of hydrogen-bond acceptors (Lipinski definition) is 6. The van der Waals surface area contributed by atoms with Crippen molar-refractivity contribution in [2.75, 3.05) is 32.1 Å². The second-order valence-electron chi connectivity index (χ2n) is 7.62. The molecule has 30 heavy (non-hydrogen) atoms. The van der Waals surface area contributed by atoms with Crippen LogP contribution in [-0.2, 0) is 6.54 Å². The summed E-state index contributed by atoms with van der Waals surface area (Å²) in [5.41, 5.74) is 3.40. The van der Waals surface area contributed by atoms with Crippen molar-refractivity contribution in [2.45, 2.75) is 32.2 Å². The highest BCUT2D eigenvalue weighted by molar-refractivity contribution is 5.56. The molecular formula is C24H29N5O. The second kappa shape index (κ2) is 9.67. The van der Waals surface area contributed by atoms with Gasteiger partial charge >= 0.3 is 0 Å². The van der Waals surface area contributed by atoms with Gasteiger partial charge in [-0.25, -0.2) is 9.97 Å². The maximum atomic E-state index is 5.54. The minimum Gasteiger partial charge on any atom is -0.494 e. The van der Waals surface area contributed by atoms with Crippen molar-refractivity contribution in [3.05, 3.63) is 66.1 Å². The van der Waals surface area contributed by atoms with Gasteiger partial charge in [-0.05, 0) is 62.7 Å².